The number of rotatable bonds is 0. The van der Waals surface area contributed by atoms with Crippen molar-refractivity contribution in [2.24, 2.45) is 0 Å². The van der Waals surface area contributed by atoms with Crippen LogP contribution in [0.4, 0.5) is 0 Å². The van der Waals surface area contributed by atoms with E-state index in [-0.39, 0.29) is 41.4 Å². The topological polar surface area (TPSA) is 0 Å². The first-order valence-corrected chi connectivity index (χ1v) is 11.1. The van der Waals surface area contributed by atoms with E-state index in [0.29, 0.717) is 0 Å². The zero-order chi connectivity index (χ0) is 9.00. The quantitative estimate of drug-likeness (QED) is 0.523. The molecule has 0 aromatic rings. The van der Waals surface area contributed by atoms with Gasteiger partial charge in [-0.25, -0.2) is 0 Å². The standard InChI is InChI=1S/2C4H11Si.BrH.Sb/c2*1-5(2,3)4;;/h2*1H2,2-4H3;1H;/p-1. The summed E-state index contributed by atoms with van der Waals surface area (Å²) in [6.45, 7) is 21.1. The van der Waals surface area contributed by atoms with Crippen LogP contribution in [-0.4, -0.2) is 40.6 Å². The fraction of sp³-hybridized carbons (Fsp3) is 0.750. The molecule has 0 heterocycles. The fourth-order valence-electron chi connectivity index (χ4n) is 0. The first kappa shape index (κ1) is 23.5. The molecule has 0 aliphatic rings. The first-order valence-electron chi connectivity index (χ1n) is 3.71. The van der Waals surface area contributed by atoms with Gasteiger partial charge in [-0.2, -0.15) is 0 Å². The Morgan fingerprint density at radius 3 is 0.667 bits per heavy atom. The summed E-state index contributed by atoms with van der Waals surface area (Å²) in [5, 5.41) is 0. The van der Waals surface area contributed by atoms with Gasteiger partial charge >= 0.3 is 0 Å². The molecule has 0 rings (SSSR count). The molecule has 0 amide bonds. The zero-order valence-corrected chi connectivity index (χ0v) is 15.4. The Balaban J connectivity index is -0.0000000457. The van der Waals surface area contributed by atoms with Crippen LogP contribution in [0, 0.1) is 13.1 Å². The molecule has 0 fully saturated rings. The summed E-state index contributed by atoms with van der Waals surface area (Å²) in [7, 11) is -1.72. The Morgan fingerprint density at radius 1 is 0.667 bits per heavy atom. The van der Waals surface area contributed by atoms with Gasteiger partial charge in [-0.3, -0.25) is 0 Å². The molecule has 4 heteroatoms. The van der Waals surface area contributed by atoms with E-state index in [1.807, 2.05) is 0 Å². The molecule has 0 bridgehead atoms. The van der Waals surface area contributed by atoms with Gasteiger partial charge in [0.2, 0.25) is 0 Å². The predicted molar refractivity (Wildman–Crippen MR) is 63.2 cm³/mol. The van der Waals surface area contributed by atoms with Crippen LogP contribution < -0.4 is 17.0 Å². The minimum Gasteiger partial charge on any atom is -1.00 e. The minimum absolute atomic E-state index is 0. The molecule has 0 saturated carbocycles. The molecule has 0 aliphatic carbocycles. The third kappa shape index (κ3) is 450. The van der Waals surface area contributed by atoms with Crippen LogP contribution in [0.1, 0.15) is 0 Å². The van der Waals surface area contributed by atoms with E-state index in [0.717, 1.165) is 0 Å². The maximum absolute atomic E-state index is 3.91. The maximum Gasteiger partial charge on any atom is 0.0439 e. The molecular formula is C8H22BrSbSi2-. The summed E-state index contributed by atoms with van der Waals surface area (Å²) >= 11 is 0. The summed E-state index contributed by atoms with van der Waals surface area (Å²) in [6.07, 6.45) is 0. The summed E-state index contributed by atoms with van der Waals surface area (Å²) in [5.74, 6) is 0. The van der Waals surface area contributed by atoms with E-state index in [4.69, 9.17) is 0 Å². The molecule has 0 spiro atoms. The van der Waals surface area contributed by atoms with Gasteiger partial charge < -0.3 is 17.0 Å². The van der Waals surface area contributed by atoms with Crippen LogP contribution in [-0.2, 0) is 0 Å². The van der Waals surface area contributed by atoms with Gasteiger partial charge in [0.25, 0.3) is 0 Å². The molecule has 0 saturated heterocycles. The van der Waals surface area contributed by atoms with Crippen molar-refractivity contribution in [2.45, 2.75) is 39.3 Å². The second-order valence-corrected chi connectivity index (χ2v) is 15.4. The van der Waals surface area contributed by atoms with Crippen LogP contribution >= 0.6 is 0 Å². The van der Waals surface area contributed by atoms with E-state index in [2.05, 4.69) is 52.4 Å². The van der Waals surface area contributed by atoms with Gasteiger partial charge in [0.15, 0.2) is 0 Å². The number of hydrogen-bond acceptors (Lipinski definition) is 0. The third-order valence-corrected chi connectivity index (χ3v) is 0. The average molecular weight is 376 g/mol. The summed E-state index contributed by atoms with van der Waals surface area (Å²) in [4.78, 5) is 0. The Labute approximate surface area is 109 Å². The van der Waals surface area contributed by atoms with E-state index in [9.17, 15) is 0 Å². The van der Waals surface area contributed by atoms with Crippen molar-refractivity contribution in [3.05, 3.63) is 13.1 Å². The summed E-state index contributed by atoms with van der Waals surface area (Å²) < 4.78 is 0. The normalized spacial score (nSPS) is 10.0. The SMILES string of the molecule is [Br-].[CH2][Si](C)(C)C.[CH2][Si](C)(C)C.[Sb]. The van der Waals surface area contributed by atoms with Crippen LogP contribution in [0.15, 0.2) is 0 Å². The Morgan fingerprint density at radius 2 is 0.667 bits per heavy atom. The summed E-state index contributed by atoms with van der Waals surface area (Å²) in [5.41, 5.74) is 0. The van der Waals surface area contributed by atoms with Gasteiger partial charge in [-0.05, 0) is 0 Å². The fourth-order valence-corrected chi connectivity index (χ4v) is 0. The van der Waals surface area contributed by atoms with Crippen LogP contribution in [0.2, 0.25) is 39.3 Å². The van der Waals surface area contributed by atoms with Crippen molar-refractivity contribution < 1.29 is 17.0 Å². The van der Waals surface area contributed by atoms with Crippen molar-refractivity contribution in [2.75, 3.05) is 0 Å². The average Bonchev–Trinajstić information content (AvgIpc) is 1.12. The van der Waals surface area contributed by atoms with Crippen molar-refractivity contribution in [1.29, 1.82) is 0 Å². The molecule has 75 valence electrons. The van der Waals surface area contributed by atoms with Crippen molar-refractivity contribution in [3.63, 3.8) is 0 Å². The first-order chi connectivity index (χ1) is 4.00. The summed E-state index contributed by atoms with van der Waals surface area (Å²) in [6, 6.07) is 0. The second-order valence-electron chi connectivity index (χ2n) is 5.12. The monoisotopic (exact) mass is 374 g/mol. The smallest absolute Gasteiger partial charge is 0.0439 e. The van der Waals surface area contributed by atoms with E-state index in [1.54, 1.807) is 0 Å². The Bertz CT molecular complexity index is 60.0. The van der Waals surface area contributed by atoms with Gasteiger partial charge in [0.05, 0.1) is 0 Å². The molecule has 0 unspecified atom stereocenters. The second kappa shape index (κ2) is 9.29. The molecule has 5 radical (unpaired) electrons. The van der Waals surface area contributed by atoms with Crippen LogP contribution in [0.5, 0.6) is 0 Å². The number of hydrogen-bond donors (Lipinski definition) is 0. The van der Waals surface area contributed by atoms with E-state index in [1.165, 1.54) is 0 Å². The molecular weight excluding hydrogens is 354 g/mol. The van der Waals surface area contributed by atoms with Crippen molar-refractivity contribution in [1.82, 2.24) is 0 Å². The van der Waals surface area contributed by atoms with Crippen LogP contribution in [0.25, 0.3) is 0 Å². The molecule has 0 aromatic heterocycles. The van der Waals surface area contributed by atoms with Crippen molar-refractivity contribution >= 4 is 40.6 Å². The molecule has 0 atom stereocenters. The minimum atomic E-state index is -0.861. The molecule has 12 heavy (non-hydrogen) atoms. The van der Waals surface area contributed by atoms with Gasteiger partial charge in [-0.1, -0.05) is 52.4 Å². The molecule has 0 nitrogen and oxygen atoms in total. The number of halogens is 1. The van der Waals surface area contributed by atoms with E-state index < -0.39 is 16.1 Å². The predicted octanol–water partition coefficient (Wildman–Crippen LogP) is 0.0190. The van der Waals surface area contributed by atoms with Gasteiger partial charge in [-0.15, -0.1) is 0 Å². The molecule has 0 N–H and O–H groups in total. The van der Waals surface area contributed by atoms with E-state index >= 15 is 0 Å². The van der Waals surface area contributed by atoms with Crippen molar-refractivity contribution in [3.8, 4) is 0 Å². The zero-order valence-electron chi connectivity index (χ0n) is 9.24. The largest absolute Gasteiger partial charge is 1.00 e. The van der Waals surface area contributed by atoms with Gasteiger partial charge in [0, 0.05) is 40.6 Å². The molecule has 0 aliphatic heterocycles. The van der Waals surface area contributed by atoms with Gasteiger partial charge in [0.1, 0.15) is 0 Å². The molecule has 0 aromatic carbocycles. The third-order valence-electron chi connectivity index (χ3n) is 0. The van der Waals surface area contributed by atoms with Crippen LogP contribution in [0.3, 0.4) is 0 Å². The Hall–Kier alpha value is 1.73. The Kier molecular flexibility index (Phi) is 18.2. The maximum atomic E-state index is 3.91.